The van der Waals surface area contributed by atoms with Gasteiger partial charge in [0, 0.05) is 24.7 Å². The summed E-state index contributed by atoms with van der Waals surface area (Å²) in [5.41, 5.74) is -0.561. The molecule has 0 N–H and O–H groups in total. The summed E-state index contributed by atoms with van der Waals surface area (Å²) in [5.74, 6) is -1.61. The van der Waals surface area contributed by atoms with Gasteiger partial charge in [0.25, 0.3) is 11.6 Å². The molecule has 0 radical (unpaired) electrons. The fourth-order valence-electron chi connectivity index (χ4n) is 2.91. The Morgan fingerprint density at radius 3 is 2.63 bits per heavy atom. The molecule has 148 valence electrons. The monoisotopic (exact) mass is 418 g/mol. The zero-order chi connectivity index (χ0) is 20.4. The van der Waals surface area contributed by atoms with Crippen LogP contribution in [0.15, 0.2) is 18.2 Å². The molecule has 9 nitrogen and oxygen atoms in total. The molecule has 0 aliphatic carbocycles. The van der Waals surface area contributed by atoms with Crippen molar-refractivity contribution in [3.63, 3.8) is 0 Å². The van der Waals surface area contributed by atoms with Gasteiger partial charge in [0.05, 0.1) is 27.0 Å². The molecule has 1 aromatic rings. The van der Waals surface area contributed by atoms with Gasteiger partial charge >= 0.3 is 5.97 Å². The minimum absolute atomic E-state index is 0.0128. The smallest absolute Gasteiger partial charge is 0.340 e. The second kappa shape index (κ2) is 8.22. The van der Waals surface area contributed by atoms with E-state index in [9.17, 15) is 28.1 Å². The van der Waals surface area contributed by atoms with E-state index < -0.39 is 38.8 Å². The van der Waals surface area contributed by atoms with E-state index in [2.05, 4.69) is 0 Å². The first-order valence-electron chi connectivity index (χ1n) is 8.21. The fourth-order valence-corrected chi connectivity index (χ4v) is 4.83. The standard InChI is InChI=1S/C16H19ClN2O7S/c1-3-18(12-6-7-27(24,25)9-12)15(20)10(2)26-16(21)13-8-11(19(22)23)4-5-14(13)17/h4-5,8,10,12H,3,6-7,9H2,1-2H3/t10-,12-/m0/s1. The molecule has 27 heavy (non-hydrogen) atoms. The minimum atomic E-state index is -3.18. The van der Waals surface area contributed by atoms with E-state index in [-0.39, 0.29) is 34.3 Å². The van der Waals surface area contributed by atoms with E-state index >= 15 is 0 Å². The van der Waals surface area contributed by atoms with Crippen LogP contribution in [-0.2, 0) is 19.4 Å². The zero-order valence-electron chi connectivity index (χ0n) is 14.8. The second-order valence-electron chi connectivity index (χ2n) is 6.15. The van der Waals surface area contributed by atoms with Crippen LogP contribution in [0.2, 0.25) is 5.02 Å². The Morgan fingerprint density at radius 2 is 2.11 bits per heavy atom. The number of hydrogen-bond acceptors (Lipinski definition) is 7. The number of benzene rings is 1. The average molecular weight is 419 g/mol. The van der Waals surface area contributed by atoms with Gasteiger partial charge in [-0.2, -0.15) is 0 Å². The van der Waals surface area contributed by atoms with Crippen molar-refractivity contribution in [2.45, 2.75) is 32.4 Å². The number of carbonyl (C=O) groups excluding carboxylic acids is 2. The highest BCUT2D eigenvalue weighted by molar-refractivity contribution is 7.91. The number of carbonyl (C=O) groups is 2. The first-order chi connectivity index (χ1) is 12.6. The Labute approximate surface area is 161 Å². The number of amides is 1. The lowest BCUT2D eigenvalue weighted by Crippen LogP contribution is -2.46. The highest BCUT2D eigenvalue weighted by Gasteiger charge is 2.36. The van der Waals surface area contributed by atoms with E-state index in [0.29, 0.717) is 6.42 Å². The van der Waals surface area contributed by atoms with E-state index in [4.69, 9.17) is 16.3 Å². The van der Waals surface area contributed by atoms with E-state index in [1.165, 1.54) is 17.9 Å². The van der Waals surface area contributed by atoms with Crippen molar-refractivity contribution in [1.29, 1.82) is 0 Å². The lowest BCUT2D eigenvalue weighted by molar-refractivity contribution is -0.384. The van der Waals surface area contributed by atoms with Crippen molar-refractivity contribution in [2.75, 3.05) is 18.1 Å². The summed E-state index contributed by atoms with van der Waals surface area (Å²) in [4.78, 5) is 36.4. The van der Waals surface area contributed by atoms with Crippen LogP contribution in [0.25, 0.3) is 0 Å². The van der Waals surface area contributed by atoms with Crippen LogP contribution in [0, 0.1) is 10.1 Å². The number of halogens is 1. The van der Waals surface area contributed by atoms with Crippen molar-refractivity contribution < 1.29 is 27.7 Å². The van der Waals surface area contributed by atoms with Crippen molar-refractivity contribution in [1.82, 2.24) is 4.90 Å². The number of rotatable bonds is 6. The molecule has 0 aromatic heterocycles. The number of nitrogens with zero attached hydrogens (tertiary/aromatic N) is 2. The molecule has 11 heteroatoms. The SMILES string of the molecule is CCN(C(=O)[C@H](C)OC(=O)c1cc([N+](=O)[O-])ccc1Cl)[C@H]1CCS(=O)(=O)C1. The normalized spacial score (nSPS) is 19.3. The molecule has 1 aliphatic rings. The topological polar surface area (TPSA) is 124 Å². The molecule has 1 saturated heterocycles. The summed E-state index contributed by atoms with van der Waals surface area (Å²) >= 11 is 5.90. The summed E-state index contributed by atoms with van der Waals surface area (Å²) < 4.78 is 28.4. The van der Waals surface area contributed by atoms with Crippen LogP contribution >= 0.6 is 11.6 Å². The van der Waals surface area contributed by atoms with Gasteiger partial charge in [-0.25, -0.2) is 13.2 Å². The largest absolute Gasteiger partial charge is 0.449 e. The second-order valence-corrected chi connectivity index (χ2v) is 8.79. The highest BCUT2D eigenvalue weighted by Crippen LogP contribution is 2.24. The molecular weight excluding hydrogens is 400 g/mol. The van der Waals surface area contributed by atoms with Gasteiger partial charge in [-0.05, 0) is 26.3 Å². The summed E-state index contributed by atoms with van der Waals surface area (Å²) in [5, 5.41) is 10.8. The van der Waals surface area contributed by atoms with Crippen LogP contribution in [0.4, 0.5) is 5.69 Å². The molecular formula is C16H19ClN2O7S. The summed E-state index contributed by atoms with van der Waals surface area (Å²) in [7, 11) is -3.18. The van der Waals surface area contributed by atoms with Gasteiger partial charge in [-0.15, -0.1) is 0 Å². The molecule has 2 rings (SSSR count). The van der Waals surface area contributed by atoms with Gasteiger partial charge in [-0.3, -0.25) is 14.9 Å². The van der Waals surface area contributed by atoms with Crippen molar-refractivity contribution >= 4 is 39.0 Å². The van der Waals surface area contributed by atoms with Gasteiger partial charge < -0.3 is 9.64 Å². The summed E-state index contributed by atoms with van der Waals surface area (Å²) in [6.07, 6.45) is -0.865. The lowest BCUT2D eigenvalue weighted by Gasteiger charge is -2.29. The third-order valence-corrected chi connectivity index (χ3v) is 6.37. The van der Waals surface area contributed by atoms with Gasteiger partial charge in [0.2, 0.25) is 0 Å². The Bertz CT molecular complexity index is 872. The molecule has 1 heterocycles. The quantitative estimate of drug-likeness (QED) is 0.392. The number of nitro benzene ring substituents is 1. The molecule has 1 aliphatic heterocycles. The number of likely N-dealkylation sites (N-methyl/N-ethyl adjacent to an activating group) is 1. The fraction of sp³-hybridized carbons (Fsp3) is 0.500. The number of ether oxygens (including phenoxy) is 1. The van der Waals surface area contributed by atoms with Crippen LogP contribution in [-0.4, -0.2) is 60.3 Å². The number of esters is 1. The Hall–Kier alpha value is -2.20. The number of hydrogen-bond donors (Lipinski definition) is 0. The van der Waals surface area contributed by atoms with Crippen molar-refractivity contribution in [3.05, 3.63) is 38.9 Å². The Morgan fingerprint density at radius 1 is 1.44 bits per heavy atom. The molecule has 1 aromatic carbocycles. The van der Waals surface area contributed by atoms with Crippen LogP contribution < -0.4 is 0 Å². The predicted octanol–water partition coefficient (Wildman–Crippen LogP) is 1.83. The average Bonchev–Trinajstić information content (AvgIpc) is 2.95. The van der Waals surface area contributed by atoms with Crippen LogP contribution in [0.3, 0.4) is 0 Å². The summed E-state index contributed by atoms with van der Waals surface area (Å²) in [6.45, 7) is 3.32. The van der Waals surface area contributed by atoms with Crippen molar-refractivity contribution in [3.8, 4) is 0 Å². The minimum Gasteiger partial charge on any atom is -0.449 e. The van der Waals surface area contributed by atoms with Gasteiger partial charge in [0.15, 0.2) is 15.9 Å². The maximum Gasteiger partial charge on any atom is 0.340 e. The molecule has 0 saturated carbocycles. The maximum absolute atomic E-state index is 12.6. The molecule has 0 spiro atoms. The third kappa shape index (κ3) is 4.95. The van der Waals surface area contributed by atoms with Gasteiger partial charge in [0.1, 0.15) is 0 Å². The van der Waals surface area contributed by atoms with Crippen molar-refractivity contribution in [2.24, 2.45) is 0 Å². The van der Waals surface area contributed by atoms with E-state index in [1.807, 2.05) is 0 Å². The molecule has 0 unspecified atom stereocenters. The zero-order valence-corrected chi connectivity index (χ0v) is 16.3. The van der Waals surface area contributed by atoms with E-state index in [0.717, 1.165) is 12.1 Å². The van der Waals surface area contributed by atoms with Crippen LogP contribution in [0.5, 0.6) is 0 Å². The third-order valence-electron chi connectivity index (χ3n) is 4.29. The lowest BCUT2D eigenvalue weighted by atomic mass is 10.2. The Kier molecular flexibility index (Phi) is 6.42. The number of sulfone groups is 1. The molecule has 1 fully saturated rings. The molecule has 1 amide bonds. The Balaban J connectivity index is 2.12. The molecule has 2 atom stereocenters. The van der Waals surface area contributed by atoms with Crippen LogP contribution in [0.1, 0.15) is 30.6 Å². The molecule has 0 bridgehead atoms. The summed E-state index contributed by atoms with van der Waals surface area (Å²) in [6, 6.07) is 2.86. The maximum atomic E-state index is 12.6. The predicted molar refractivity (Wildman–Crippen MR) is 97.4 cm³/mol. The van der Waals surface area contributed by atoms with Gasteiger partial charge in [-0.1, -0.05) is 11.6 Å². The highest BCUT2D eigenvalue weighted by atomic mass is 35.5. The number of nitro groups is 1. The first kappa shape index (κ1) is 21.1. The number of non-ortho nitro benzene ring substituents is 1. The van der Waals surface area contributed by atoms with E-state index in [1.54, 1.807) is 6.92 Å². The first-order valence-corrected chi connectivity index (χ1v) is 10.4.